The van der Waals surface area contributed by atoms with Crippen LogP contribution in [0.2, 0.25) is 0 Å². The van der Waals surface area contributed by atoms with Crippen LogP contribution in [-0.4, -0.2) is 58.1 Å². The fourth-order valence-electron chi connectivity index (χ4n) is 3.03. The van der Waals surface area contributed by atoms with Gasteiger partial charge in [-0.1, -0.05) is 25.1 Å². The Hall–Kier alpha value is -3.23. The lowest BCUT2D eigenvalue weighted by atomic mass is 10.00. The van der Waals surface area contributed by atoms with Crippen molar-refractivity contribution in [2.45, 2.75) is 18.9 Å². The molecule has 0 aliphatic rings. The van der Waals surface area contributed by atoms with Gasteiger partial charge in [0.25, 0.3) is 0 Å². The van der Waals surface area contributed by atoms with Gasteiger partial charge in [0.15, 0.2) is 0 Å². The molecule has 158 valence electrons. The number of anilines is 2. The molecule has 0 saturated heterocycles. The van der Waals surface area contributed by atoms with Gasteiger partial charge < -0.3 is 25.6 Å². The molecule has 8 nitrogen and oxygen atoms in total. The maximum absolute atomic E-state index is 9.48. The van der Waals surface area contributed by atoms with Crippen LogP contribution in [0, 0.1) is 0 Å². The molecule has 2 atom stereocenters. The van der Waals surface area contributed by atoms with Crippen molar-refractivity contribution >= 4 is 11.6 Å². The van der Waals surface area contributed by atoms with Crippen LogP contribution < -0.4 is 15.4 Å². The van der Waals surface area contributed by atoms with Gasteiger partial charge in [0.1, 0.15) is 23.7 Å². The second kappa shape index (κ2) is 10.5. The first-order chi connectivity index (χ1) is 14.6. The van der Waals surface area contributed by atoms with E-state index >= 15 is 0 Å². The van der Waals surface area contributed by atoms with Gasteiger partial charge in [0.2, 0.25) is 0 Å². The second-order valence-electron chi connectivity index (χ2n) is 6.96. The van der Waals surface area contributed by atoms with E-state index in [0.717, 1.165) is 28.4 Å². The summed E-state index contributed by atoms with van der Waals surface area (Å²) in [4.78, 5) is 12.9. The fraction of sp³-hybridized carbons (Fsp3) is 0.318. The third kappa shape index (κ3) is 5.65. The molecule has 0 aliphatic heterocycles. The van der Waals surface area contributed by atoms with Gasteiger partial charge in [-0.2, -0.15) is 0 Å². The minimum absolute atomic E-state index is 0.213. The summed E-state index contributed by atoms with van der Waals surface area (Å²) in [5.74, 6) is 2.43. The second-order valence-corrected chi connectivity index (χ2v) is 6.96. The number of benzene rings is 1. The smallest absolute Gasteiger partial charge is 0.129 e. The van der Waals surface area contributed by atoms with E-state index in [1.165, 1.54) is 6.33 Å². The topological polar surface area (TPSA) is 112 Å². The van der Waals surface area contributed by atoms with Gasteiger partial charge in [-0.25, -0.2) is 15.0 Å². The Bertz CT molecular complexity index is 953. The van der Waals surface area contributed by atoms with Crippen molar-refractivity contribution in [1.82, 2.24) is 15.0 Å². The highest BCUT2D eigenvalue weighted by molar-refractivity contribution is 5.65. The van der Waals surface area contributed by atoms with Crippen LogP contribution in [0.25, 0.3) is 11.3 Å². The molecule has 30 heavy (non-hydrogen) atoms. The minimum atomic E-state index is -0.837. The summed E-state index contributed by atoms with van der Waals surface area (Å²) in [6.07, 6.45) is 2.35. The van der Waals surface area contributed by atoms with Crippen molar-refractivity contribution in [2.24, 2.45) is 0 Å². The lowest BCUT2D eigenvalue weighted by Gasteiger charge is -2.16. The number of para-hydroxylation sites is 1. The third-order valence-electron chi connectivity index (χ3n) is 4.71. The molecule has 0 aliphatic carbocycles. The molecular weight excluding hydrogens is 382 g/mol. The van der Waals surface area contributed by atoms with Crippen molar-refractivity contribution in [3.63, 3.8) is 0 Å². The molecule has 3 aromatic rings. The molecule has 0 amide bonds. The van der Waals surface area contributed by atoms with E-state index in [1.807, 2.05) is 36.4 Å². The van der Waals surface area contributed by atoms with Crippen molar-refractivity contribution in [3.8, 4) is 17.0 Å². The molecule has 2 heterocycles. The molecule has 2 aromatic heterocycles. The first-order valence-electron chi connectivity index (χ1n) is 9.78. The number of hydrogen-bond acceptors (Lipinski definition) is 8. The van der Waals surface area contributed by atoms with E-state index in [-0.39, 0.29) is 19.1 Å². The summed E-state index contributed by atoms with van der Waals surface area (Å²) >= 11 is 0. The van der Waals surface area contributed by atoms with Crippen molar-refractivity contribution in [2.75, 3.05) is 37.4 Å². The minimum Gasteiger partial charge on any atom is -0.496 e. The molecule has 3 rings (SSSR count). The maximum Gasteiger partial charge on any atom is 0.129 e. The number of aromatic nitrogens is 3. The quantitative estimate of drug-likeness (QED) is 0.404. The summed E-state index contributed by atoms with van der Waals surface area (Å²) in [7, 11) is 1.68. The lowest BCUT2D eigenvalue weighted by molar-refractivity contribution is 0.105. The molecule has 0 saturated carbocycles. The molecular formula is C22H27N5O3. The van der Waals surface area contributed by atoms with Gasteiger partial charge >= 0.3 is 0 Å². The van der Waals surface area contributed by atoms with Gasteiger partial charge in [0, 0.05) is 36.8 Å². The van der Waals surface area contributed by atoms with Gasteiger partial charge in [-0.05, 0) is 23.8 Å². The summed E-state index contributed by atoms with van der Waals surface area (Å²) in [6.45, 7) is 2.73. The summed E-state index contributed by atoms with van der Waals surface area (Å²) in [5, 5.41) is 24.8. The number of pyridine rings is 1. The molecule has 1 aromatic carbocycles. The highest BCUT2D eigenvalue weighted by Gasteiger charge is 2.11. The predicted octanol–water partition coefficient (Wildman–Crippen LogP) is 2.53. The Kier molecular flexibility index (Phi) is 7.53. The summed E-state index contributed by atoms with van der Waals surface area (Å²) in [6, 6.07) is 13.6. The van der Waals surface area contributed by atoms with Crippen molar-refractivity contribution < 1.29 is 14.9 Å². The van der Waals surface area contributed by atoms with Crippen LogP contribution >= 0.6 is 0 Å². The number of nitrogens with one attached hydrogen (secondary N) is 2. The van der Waals surface area contributed by atoms with Gasteiger partial charge in [-0.3, -0.25) is 0 Å². The zero-order valence-corrected chi connectivity index (χ0v) is 17.1. The number of ether oxygens (including phenoxy) is 1. The van der Waals surface area contributed by atoms with Crippen LogP contribution in [0.5, 0.6) is 5.75 Å². The first-order valence-corrected chi connectivity index (χ1v) is 9.78. The lowest BCUT2D eigenvalue weighted by Crippen LogP contribution is -2.23. The van der Waals surface area contributed by atoms with Crippen LogP contribution in [0.3, 0.4) is 0 Å². The number of hydrogen-bond donors (Lipinski definition) is 4. The molecule has 0 bridgehead atoms. The molecule has 0 radical (unpaired) electrons. The van der Waals surface area contributed by atoms with Gasteiger partial charge in [-0.15, -0.1) is 0 Å². The zero-order chi connectivity index (χ0) is 21.3. The number of aliphatic hydroxyl groups excluding tert-OH is 2. The largest absolute Gasteiger partial charge is 0.496 e. The molecule has 8 heteroatoms. The Balaban J connectivity index is 1.67. The van der Waals surface area contributed by atoms with E-state index in [0.29, 0.717) is 12.4 Å². The SMILES string of the molecule is COc1ccccc1[C@H](C)CNc1cc(-c2ccnc(NC[C@H](O)CO)c2)ncn1. The summed E-state index contributed by atoms with van der Waals surface area (Å²) < 4.78 is 5.45. The number of methoxy groups -OCH3 is 1. The highest BCUT2D eigenvalue weighted by Crippen LogP contribution is 2.27. The van der Waals surface area contributed by atoms with E-state index in [1.54, 1.807) is 13.3 Å². The number of rotatable bonds is 10. The molecule has 0 spiro atoms. The first kappa shape index (κ1) is 21.5. The highest BCUT2D eigenvalue weighted by atomic mass is 16.5. The fourth-order valence-corrected chi connectivity index (χ4v) is 3.03. The Morgan fingerprint density at radius 3 is 2.57 bits per heavy atom. The monoisotopic (exact) mass is 409 g/mol. The zero-order valence-electron chi connectivity index (χ0n) is 17.1. The average molecular weight is 409 g/mol. The molecule has 4 N–H and O–H groups in total. The van der Waals surface area contributed by atoms with Gasteiger partial charge in [0.05, 0.1) is 25.5 Å². The Morgan fingerprint density at radius 2 is 1.77 bits per heavy atom. The summed E-state index contributed by atoms with van der Waals surface area (Å²) in [5.41, 5.74) is 2.76. The van der Waals surface area contributed by atoms with Crippen molar-refractivity contribution in [1.29, 1.82) is 0 Å². The normalized spacial score (nSPS) is 12.8. The molecule has 0 fully saturated rings. The van der Waals surface area contributed by atoms with Crippen LogP contribution in [0.15, 0.2) is 55.0 Å². The van der Waals surface area contributed by atoms with Crippen LogP contribution in [-0.2, 0) is 0 Å². The molecule has 0 unspecified atom stereocenters. The van der Waals surface area contributed by atoms with E-state index in [4.69, 9.17) is 9.84 Å². The maximum atomic E-state index is 9.48. The average Bonchev–Trinajstić information content (AvgIpc) is 2.81. The van der Waals surface area contributed by atoms with E-state index in [2.05, 4.69) is 38.6 Å². The van der Waals surface area contributed by atoms with E-state index < -0.39 is 6.10 Å². The van der Waals surface area contributed by atoms with Crippen LogP contribution in [0.4, 0.5) is 11.6 Å². The van der Waals surface area contributed by atoms with Crippen LogP contribution in [0.1, 0.15) is 18.4 Å². The standard InChI is InChI=1S/C22H27N5O3/c1-15(18-5-3-4-6-20(18)30-2)11-24-22-10-19(26-14-27-22)16-7-8-23-21(9-16)25-12-17(29)13-28/h3-10,14-15,17,28-29H,11-13H2,1-2H3,(H,23,25)(H,24,26,27)/t15-,17+/m1/s1. The third-order valence-corrected chi connectivity index (χ3v) is 4.71. The number of aliphatic hydroxyl groups is 2. The predicted molar refractivity (Wildman–Crippen MR) is 117 cm³/mol. The number of nitrogens with zero attached hydrogens (tertiary/aromatic N) is 3. The Labute approximate surface area is 176 Å². The van der Waals surface area contributed by atoms with Crippen molar-refractivity contribution in [3.05, 3.63) is 60.6 Å². The van der Waals surface area contributed by atoms with E-state index in [9.17, 15) is 5.11 Å². The Morgan fingerprint density at radius 1 is 1.00 bits per heavy atom.